The molecule has 1 atom stereocenters. The molecule has 1 fully saturated rings. The standard InChI is InChI=1S/C24H24N2O3S/c1-29-20-5-2-4-19(14-20)22(27)26-12-11-24(16-26,23(25)28)15-17-7-9-18(10-8-17)21-6-3-13-30-21/h2-10,13-14H,11-12,15-16H2,1H3,(H2,25,28)/t24-/m0/s1. The maximum Gasteiger partial charge on any atom is 0.254 e. The number of thiophene rings is 1. The van der Waals surface area contributed by atoms with Crippen molar-refractivity contribution >= 4 is 23.2 Å². The number of hydrogen-bond acceptors (Lipinski definition) is 4. The van der Waals surface area contributed by atoms with E-state index in [1.54, 1.807) is 47.6 Å². The zero-order chi connectivity index (χ0) is 21.1. The lowest BCUT2D eigenvalue weighted by Crippen LogP contribution is -2.42. The Morgan fingerprint density at radius 3 is 2.60 bits per heavy atom. The van der Waals surface area contributed by atoms with Crippen molar-refractivity contribution < 1.29 is 14.3 Å². The molecule has 3 aromatic rings. The van der Waals surface area contributed by atoms with Crippen LogP contribution in [-0.2, 0) is 11.2 Å². The number of methoxy groups -OCH3 is 1. The van der Waals surface area contributed by atoms with Gasteiger partial charge in [0.25, 0.3) is 5.91 Å². The summed E-state index contributed by atoms with van der Waals surface area (Å²) in [7, 11) is 1.57. The zero-order valence-corrected chi connectivity index (χ0v) is 17.7. The molecule has 0 radical (unpaired) electrons. The number of hydrogen-bond donors (Lipinski definition) is 1. The minimum absolute atomic E-state index is 0.106. The molecule has 1 saturated heterocycles. The molecule has 2 aromatic carbocycles. The van der Waals surface area contributed by atoms with Crippen LogP contribution in [0.15, 0.2) is 66.0 Å². The smallest absolute Gasteiger partial charge is 0.254 e. The molecular weight excluding hydrogens is 396 g/mol. The number of nitrogens with two attached hydrogens (primary N) is 1. The lowest BCUT2D eigenvalue weighted by Gasteiger charge is -2.26. The molecule has 4 rings (SSSR count). The molecule has 2 amide bonds. The maximum absolute atomic E-state index is 13.0. The van der Waals surface area contributed by atoms with Gasteiger partial charge in [0.15, 0.2) is 0 Å². The summed E-state index contributed by atoms with van der Waals surface area (Å²) in [5.41, 5.74) is 7.84. The molecule has 1 aromatic heterocycles. The third-order valence-corrected chi connectivity index (χ3v) is 6.70. The van der Waals surface area contributed by atoms with Gasteiger partial charge in [0, 0.05) is 23.5 Å². The van der Waals surface area contributed by atoms with E-state index >= 15 is 0 Å². The summed E-state index contributed by atoms with van der Waals surface area (Å²) in [6.45, 7) is 0.831. The van der Waals surface area contributed by atoms with E-state index in [0.717, 1.165) is 11.1 Å². The number of carbonyl (C=O) groups is 2. The first-order valence-electron chi connectivity index (χ1n) is 9.87. The van der Waals surface area contributed by atoms with Crippen LogP contribution in [0, 0.1) is 5.41 Å². The van der Waals surface area contributed by atoms with Crippen molar-refractivity contribution in [3.8, 4) is 16.2 Å². The highest BCUT2D eigenvalue weighted by molar-refractivity contribution is 7.13. The molecule has 2 N–H and O–H groups in total. The average Bonchev–Trinajstić information content (AvgIpc) is 3.45. The zero-order valence-electron chi connectivity index (χ0n) is 16.8. The molecule has 1 aliphatic rings. The Labute approximate surface area is 180 Å². The molecule has 0 saturated carbocycles. The van der Waals surface area contributed by atoms with Gasteiger partial charge < -0.3 is 15.4 Å². The summed E-state index contributed by atoms with van der Waals surface area (Å²) >= 11 is 1.70. The summed E-state index contributed by atoms with van der Waals surface area (Å²) in [6, 6.07) is 19.4. The quantitative estimate of drug-likeness (QED) is 0.655. The van der Waals surface area contributed by atoms with E-state index in [9.17, 15) is 9.59 Å². The fourth-order valence-electron chi connectivity index (χ4n) is 4.04. The minimum atomic E-state index is -0.751. The first-order valence-corrected chi connectivity index (χ1v) is 10.7. The van der Waals surface area contributed by atoms with Crippen LogP contribution in [-0.4, -0.2) is 36.9 Å². The van der Waals surface area contributed by atoms with E-state index in [2.05, 4.69) is 23.6 Å². The maximum atomic E-state index is 13.0. The molecule has 0 aliphatic carbocycles. The second kappa shape index (κ2) is 8.32. The SMILES string of the molecule is COc1cccc(C(=O)N2CC[C@@](Cc3ccc(-c4cccs4)cc3)(C(N)=O)C2)c1. The van der Waals surface area contributed by atoms with E-state index < -0.39 is 5.41 Å². The van der Waals surface area contributed by atoms with E-state index in [-0.39, 0.29) is 11.8 Å². The molecule has 1 aliphatic heterocycles. The van der Waals surface area contributed by atoms with E-state index in [4.69, 9.17) is 10.5 Å². The van der Waals surface area contributed by atoms with Crippen LogP contribution in [0.25, 0.3) is 10.4 Å². The Morgan fingerprint density at radius 1 is 1.13 bits per heavy atom. The van der Waals surface area contributed by atoms with Crippen LogP contribution in [0.1, 0.15) is 22.3 Å². The fourth-order valence-corrected chi connectivity index (χ4v) is 4.77. The predicted octanol–water partition coefficient (Wildman–Crippen LogP) is 3.98. The molecule has 6 heteroatoms. The van der Waals surface area contributed by atoms with Gasteiger partial charge in [-0.25, -0.2) is 0 Å². The van der Waals surface area contributed by atoms with Crippen molar-refractivity contribution in [3.63, 3.8) is 0 Å². The summed E-state index contributed by atoms with van der Waals surface area (Å²) in [6.07, 6.45) is 1.08. The Bertz CT molecular complexity index is 1050. The lowest BCUT2D eigenvalue weighted by molar-refractivity contribution is -0.126. The van der Waals surface area contributed by atoms with E-state index in [1.165, 1.54) is 4.88 Å². The first-order chi connectivity index (χ1) is 14.5. The van der Waals surface area contributed by atoms with Gasteiger partial charge in [0.2, 0.25) is 5.91 Å². The highest BCUT2D eigenvalue weighted by Gasteiger charge is 2.44. The predicted molar refractivity (Wildman–Crippen MR) is 119 cm³/mol. The summed E-state index contributed by atoms with van der Waals surface area (Å²) in [4.78, 5) is 28.4. The second-order valence-corrected chi connectivity index (χ2v) is 8.65. The van der Waals surface area contributed by atoms with Crippen LogP contribution >= 0.6 is 11.3 Å². The van der Waals surface area contributed by atoms with Gasteiger partial charge in [-0.05, 0) is 53.6 Å². The Kier molecular flexibility index (Phi) is 5.59. The van der Waals surface area contributed by atoms with Crippen molar-refractivity contribution in [3.05, 3.63) is 77.2 Å². The topological polar surface area (TPSA) is 72.6 Å². The number of carbonyl (C=O) groups excluding carboxylic acids is 2. The number of nitrogens with zero attached hydrogens (tertiary/aromatic N) is 1. The molecule has 0 spiro atoms. The number of primary amides is 1. The minimum Gasteiger partial charge on any atom is -0.497 e. The Hall–Kier alpha value is -3.12. The molecule has 154 valence electrons. The molecule has 0 unspecified atom stereocenters. The van der Waals surface area contributed by atoms with Gasteiger partial charge in [0.05, 0.1) is 12.5 Å². The molecular formula is C24H24N2O3S. The van der Waals surface area contributed by atoms with Gasteiger partial charge in [-0.1, -0.05) is 36.4 Å². The van der Waals surface area contributed by atoms with Crippen LogP contribution in [0.2, 0.25) is 0 Å². The van der Waals surface area contributed by atoms with Crippen molar-refractivity contribution in [1.29, 1.82) is 0 Å². The van der Waals surface area contributed by atoms with Gasteiger partial charge in [-0.15, -0.1) is 11.3 Å². The molecule has 2 heterocycles. The van der Waals surface area contributed by atoms with Crippen molar-refractivity contribution in [2.45, 2.75) is 12.8 Å². The highest BCUT2D eigenvalue weighted by Crippen LogP contribution is 2.36. The number of rotatable bonds is 6. The average molecular weight is 421 g/mol. The lowest BCUT2D eigenvalue weighted by atomic mass is 9.80. The van der Waals surface area contributed by atoms with Crippen LogP contribution in [0.4, 0.5) is 0 Å². The molecule has 30 heavy (non-hydrogen) atoms. The van der Waals surface area contributed by atoms with E-state index in [0.29, 0.717) is 37.2 Å². The molecule has 0 bridgehead atoms. The highest BCUT2D eigenvalue weighted by atomic mass is 32.1. The summed E-state index contributed by atoms with van der Waals surface area (Å²) in [5, 5.41) is 2.05. The van der Waals surface area contributed by atoms with Crippen molar-refractivity contribution in [1.82, 2.24) is 4.90 Å². The fraction of sp³-hybridized carbons (Fsp3) is 0.250. The van der Waals surface area contributed by atoms with Gasteiger partial charge in [-0.2, -0.15) is 0 Å². The normalized spacial score (nSPS) is 18.4. The first kappa shape index (κ1) is 20.2. The number of amides is 2. The third-order valence-electron chi connectivity index (χ3n) is 5.78. The van der Waals surface area contributed by atoms with Crippen molar-refractivity contribution in [2.24, 2.45) is 11.1 Å². The summed E-state index contributed by atoms with van der Waals surface area (Å²) < 4.78 is 5.22. The van der Waals surface area contributed by atoms with Crippen LogP contribution in [0.5, 0.6) is 5.75 Å². The van der Waals surface area contributed by atoms with Crippen molar-refractivity contribution in [2.75, 3.05) is 20.2 Å². The van der Waals surface area contributed by atoms with E-state index in [1.807, 2.05) is 18.2 Å². The third kappa shape index (κ3) is 3.96. The Balaban J connectivity index is 1.51. The van der Waals surface area contributed by atoms with Crippen LogP contribution in [0.3, 0.4) is 0 Å². The number of ether oxygens (including phenoxy) is 1. The van der Waals surface area contributed by atoms with Gasteiger partial charge in [0.1, 0.15) is 5.75 Å². The van der Waals surface area contributed by atoms with Gasteiger partial charge in [-0.3, -0.25) is 9.59 Å². The van der Waals surface area contributed by atoms with Gasteiger partial charge >= 0.3 is 0 Å². The number of likely N-dealkylation sites (tertiary alicyclic amines) is 1. The largest absolute Gasteiger partial charge is 0.497 e. The number of benzene rings is 2. The monoisotopic (exact) mass is 420 g/mol. The second-order valence-electron chi connectivity index (χ2n) is 7.70. The molecule has 5 nitrogen and oxygen atoms in total. The Morgan fingerprint density at radius 2 is 1.93 bits per heavy atom. The van der Waals surface area contributed by atoms with Crippen LogP contribution < -0.4 is 10.5 Å². The summed E-state index contributed by atoms with van der Waals surface area (Å²) in [5.74, 6) is 0.169.